The fraction of sp³-hybridized carbons (Fsp3) is 0.500. The van der Waals surface area contributed by atoms with Gasteiger partial charge in [0, 0.05) is 13.2 Å². The normalized spacial score (nSPS) is 19.1. The van der Waals surface area contributed by atoms with Gasteiger partial charge in [-0.2, -0.15) is 5.10 Å². The molecule has 1 fully saturated rings. The summed E-state index contributed by atoms with van der Waals surface area (Å²) in [4.78, 5) is 14.6. The molecule has 1 aliphatic heterocycles. The van der Waals surface area contributed by atoms with Gasteiger partial charge in [-0.3, -0.25) is 14.4 Å². The highest BCUT2D eigenvalue weighted by atomic mass is 16.2. The number of rotatable bonds is 3. The van der Waals surface area contributed by atoms with E-state index in [1.165, 1.54) is 18.4 Å². The molecule has 4 rings (SSSR count). The number of carbonyl (C=O) groups is 1. The van der Waals surface area contributed by atoms with Crippen LogP contribution in [-0.4, -0.2) is 40.2 Å². The smallest absolute Gasteiger partial charge is 0.238 e. The molecule has 0 unspecified atom stereocenters. The number of anilines is 1. The van der Waals surface area contributed by atoms with Crippen molar-refractivity contribution in [3.05, 3.63) is 47.3 Å². The molecule has 132 valence electrons. The van der Waals surface area contributed by atoms with Crippen molar-refractivity contribution >= 4 is 11.6 Å². The predicted molar refractivity (Wildman–Crippen MR) is 98.7 cm³/mol. The molecular weight excluding hydrogens is 312 g/mol. The Hall–Kier alpha value is -2.14. The van der Waals surface area contributed by atoms with Crippen molar-refractivity contribution in [1.82, 2.24) is 14.7 Å². The third kappa shape index (κ3) is 3.09. The minimum Gasteiger partial charge on any atom is -0.322 e. The van der Waals surface area contributed by atoms with Crippen LogP contribution in [0, 0.1) is 6.92 Å². The van der Waals surface area contributed by atoms with E-state index in [2.05, 4.69) is 39.6 Å². The fourth-order valence-electron chi connectivity index (χ4n) is 4.54. The predicted octanol–water partition coefficient (Wildman–Crippen LogP) is 2.65. The first-order chi connectivity index (χ1) is 12.1. The quantitative estimate of drug-likeness (QED) is 0.936. The number of hydrogen-bond donors (Lipinski definition) is 1. The number of fused-ring (bicyclic) bond motifs is 2. The van der Waals surface area contributed by atoms with Gasteiger partial charge in [0.25, 0.3) is 0 Å². The number of nitrogens with zero attached hydrogens (tertiary/aromatic N) is 3. The van der Waals surface area contributed by atoms with E-state index in [-0.39, 0.29) is 5.91 Å². The molecule has 2 aliphatic rings. The molecule has 1 aliphatic carbocycles. The number of hydrogen-bond acceptors (Lipinski definition) is 3. The third-order valence-corrected chi connectivity index (χ3v) is 5.93. The van der Waals surface area contributed by atoms with E-state index < -0.39 is 0 Å². The molecule has 5 nitrogen and oxygen atoms in total. The Kier molecular flexibility index (Phi) is 4.12. The molecule has 0 radical (unpaired) electrons. The van der Waals surface area contributed by atoms with Gasteiger partial charge in [-0.25, -0.2) is 0 Å². The van der Waals surface area contributed by atoms with Crippen LogP contribution in [0.4, 0.5) is 5.69 Å². The Balaban J connectivity index is 1.35. The van der Waals surface area contributed by atoms with E-state index in [9.17, 15) is 4.79 Å². The van der Waals surface area contributed by atoms with Crippen LogP contribution in [0.1, 0.15) is 36.1 Å². The van der Waals surface area contributed by atoms with Crippen LogP contribution in [0.15, 0.2) is 30.5 Å². The van der Waals surface area contributed by atoms with Gasteiger partial charge in [-0.1, -0.05) is 24.3 Å². The zero-order chi connectivity index (χ0) is 17.4. The lowest BCUT2D eigenvalue weighted by Gasteiger charge is -2.40. The van der Waals surface area contributed by atoms with E-state index in [0.29, 0.717) is 12.0 Å². The van der Waals surface area contributed by atoms with Crippen LogP contribution in [-0.2, 0) is 23.7 Å². The Labute approximate surface area is 149 Å². The van der Waals surface area contributed by atoms with Crippen molar-refractivity contribution in [2.24, 2.45) is 7.05 Å². The van der Waals surface area contributed by atoms with E-state index in [4.69, 9.17) is 0 Å². The number of aromatic nitrogens is 2. The number of nitrogens with one attached hydrogen (secondary N) is 1. The van der Waals surface area contributed by atoms with Gasteiger partial charge in [0.05, 0.1) is 17.9 Å². The van der Waals surface area contributed by atoms with Crippen molar-refractivity contribution in [2.45, 2.75) is 38.0 Å². The largest absolute Gasteiger partial charge is 0.322 e. The van der Waals surface area contributed by atoms with Crippen LogP contribution in [0.2, 0.25) is 0 Å². The van der Waals surface area contributed by atoms with Crippen LogP contribution < -0.4 is 5.32 Å². The summed E-state index contributed by atoms with van der Waals surface area (Å²) in [6, 6.07) is 8.91. The second kappa shape index (κ2) is 6.30. The fourth-order valence-corrected chi connectivity index (χ4v) is 4.54. The molecule has 1 aromatic heterocycles. The number of carbonyl (C=O) groups excluding carboxylic acids is 1. The van der Waals surface area contributed by atoms with Crippen LogP contribution in [0.3, 0.4) is 0 Å². The van der Waals surface area contributed by atoms with Gasteiger partial charge in [-0.15, -0.1) is 0 Å². The van der Waals surface area contributed by atoms with Gasteiger partial charge in [0.1, 0.15) is 0 Å². The van der Waals surface area contributed by atoms with Crippen LogP contribution >= 0.6 is 0 Å². The van der Waals surface area contributed by atoms with E-state index in [1.807, 2.05) is 20.2 Å². The van der Waals surface area contributed by atoms with E-state index >= 15 is 0 Å². The molecule has 0 saturated carbocycles. The highest BCUT2D eigenvalue weighted by molar-refractivity contribution is 5.92. The monoisotopic (exact) mass is 338 g/mol. The highest BCUT2D eigenvalue weighted by Gasteiger charge is 2.40. The van der Waals surface area contributed by atoms with Crippen molar-refractivity contribution in [1.29, 1.82) is 0 Å². The van der Waals surface area contributed by atoms with Crippen molar-refractivity contribution in [3.63, 3.8) is 0 Å². The summed E-state index contributed by atoms with van der Waals surface area (Å²) in [5.74, 6) is 0.0545. The summed E-state index contributed by atoms with van der Waals surface area (Å²) in [6.07, 6.45) is 6.64. The Morgan fingerprint density at radius 1 is 1.24 bits per heavy atom. The van der Waals surface area contributed by atoms with Crippen LogP contribution in [0.5, 0.6) is 0 Å². The Morgan fingerprint density at radius 3 is 2.72 bits per heavy atom. The summed E-state index contributed by atoms with van der Waals surface area (Å²) in [6.45, 7) is 4.37. The van der Waals surface area contributed by atoms with Gasteiger partial charge in [0.15, 0.2) is 0 Å². The van der Waals surface area contributed by atoms with Crippen molar-refractivity contribution < 1.29 is 4.79 Å². The summed E-state index contributed by atoms with van der Waals surface area (Å²) in [5.41, 5.74) is 5.11. The van der Waals surface area contributed by atoms with Crippen molar-refractivity contribution in [3.8, 4) is 0 Å². The number of likely N-dealkylation sites (tertiary alicyclic amines) is 1. The molecular formula is C20H26N4O. The van der Waals surface area contributed by atoms with Gasteiger partial charge >= 0.3 is 0 Å². The zero-order valence-corrected chi connectivity index (χ0v) is 15.1. The Morgan fingerprint density at radius 2 is 2.00 bits per heavy atom. The number of amides is 1. The second-order valence-corrected chi connectivity index (χ2v) is 7.56. The molecule has 1 amide bonds. The maximum absolute atomic E-state index is 12.4. The summed E-state index contributed by atoms with van der Waals surface area (Å²) < 4.78 is 1.73. The minimum absolute atomic E-state index is 0.0545. The highest BCUT2D eigenvalue weighted by Crippen LogP contribution is 2.45. The van der Waals surface area contributed by atoms with Crippen LogP contribution in [0.25, 0.3) is 0 Å². The first-order valence-corrected chi connectivity index (χ1v) is 9.17. The average Bonchev–Trinajstić information content (AvgIpc) is 3.11. The lowest BCUT2D eigenvalue weighted by molar-refractivity contribution is -0.117. The lowest BCUT2D eigenvalue weighted by atomic mass is 9.74. The maximum Gasteiger partial charge on any atom is 0.238 e. The minimum atomic E-state index is 0.0545. The van der Waals surface area contributed by atoms with Gasteiger partial charge < -0.3 is 5.32 Å². The summed E-state index contributed by atoms with van der Waals surface area (Å²) in [5, 5.41) is 7.26. The maximum atomic E-state index is 12.4. The lowest BCUT2D eigenvalue weighted by Crippen LogP contribution is -2.44. The first-order valence-electron chi connectivity index (χ1n) is 9.17. The third-order valence-electron chi connectivity index (χ3n) is 5.93. The SMILES string of the molecule is Cc1nn(C)cc1NC(=O)CN1CCC2(CCc3ccccc32)CC1. The van der Waals surface area contributed by atoms with Crippen molar-refractivity contribution in [2.75, 3.05) is 25.0 Å². The Bertz CT molecular complexity index is 787. The summed E-state index contributed by atoms with van der Waals surface area (Å²) in [7, 11) is 1.87. The molecule has 0 bridgehead atoms. The molecule has 25 heavy (non-hydrogen) atoms. The van der Waals surface area contributed by atoms with E-state index in [1.54, 1.807) is 10.2 Å². The molecule has 5 heteroatoms. The number of aryl methyl sites for hydroxylation is 3. The number of piperidine rings is 1. The summed E-state index contributed by atoms with van der Waals surface area (Å²) >= 11 is 0. The molecule has 1 spiro atoms. The standard InChI is InChI=1S/C20H26N4O/c1-15-18(13-23(2)22-15)21-19(25)14-24-11-9-20(10-12-24)8-7-16-5-3-4-6-17(16)20/h3-6,13H,7-12,14H2,1-2H3,(H,21,25). The molecule has 1 N–H and O–H groups in total. The van der Waals surface area contributed by atoms with E-state index in [0.717, 1.165) is 37.3 Å². The first kappa shape index (κ1) is 16.3. The van der Waals surface area contributed by atoms with Gasteiger partial charge in [0.2, 0.25) is 5.91 Å². The molecule has 1 aromatic carbocycles. The average molecular weight is 338 g/mol. The molecule has 2 heterocycles. The zero-order valence-electron chi connectivity index (χ0n) is 15.1. The topological polar surface area (TPSA) is 50.2 Å². The van der Waals surface area contributed by atoms with Gasteiger partial charge in [-0.05, 0) is 62.2 Å². The molecule has 0 atom stereocenters. The number of benzene rings is 1. The second-order valence-electron chi connectivity index (χ2n) is 7.56. The molecule has 2 aromatic rings. The molecule has 1 saturated heterocycles.